The summed E-state index contributed by atoms with van der Waals surface area (Å²) in [5.41, 5.74) is 6.38. The summed E-state index contributed by atoms with van der Waals surface area (Å²) in [6.07, 6.45) is 0.568. The third kappa shape index (κ3) is 6.91. The van der Waals surface area contributed by atoms with Crippen molar-refractivity contribution in [3.63, 3.8) is 0 Å². The highest BCUT2D eigenvalue weighted by molar-refractivity contribution is 9.09. The number of carbonyl (C=O) groups excluding carboxylic acids is 1. The van der Waals surface area contributed by atoms with E-state index in [2.05, 4.69) is 85.4 Å². The number of aromatic nitrogens is 2. The number of amides is 1. The maximum atomic E-state index is 11.7. The van der Waals surface area contributed by atoms with Crippen LogP contribution in [0.4, 0.5) is 16.2 Å². The Hall–Kier alpha value is -3.56. The Morgan fingerprint density at radius 2 is 1.77 bits per heavy atom. The fraction of sp³-hybridized carbons (Fsp3) is 0.333. The zero-order valence-corrected chi connectivity index (χ0v) is 23.7. The molecule has 0 spiro atoms. The summed E-state index contributed by atoms with van der Waals surface area (Å²) < 4.78 is 10.9. The number of benzene rings is 3. The van der Waals surface area contributed by atoms with E-state index < -0.39 is 6.09 Å². The molecule has 0 aliphatic carbocycles. The first-order chi connectivity index (χ1) is 19.1. The lowest BCUT2D eigenvalue weighted by atomic mass is 10.1. The second-order valence-corrected chi connectivity index (χ2v) is 10.3. The van der Waals surface area contributed by atoms with Crippen LogP contribution in [-0.4, -0.2) is 72.2 Å². The summed E-state index contributed by atoms with van der Waals surface area (Å²) in [5.74, 6) is 1.69. The number of hydrogen-bond acceptors (Lipinski definition) is 6. The molecule has 0 atom stereocenters. The van der Waals surface area contributed by atoms with Gasteiger partial charge in [0.15, 0.2) is 0 Å². The van der Waals surface area contributed by atoms with Gasteiger partial charge in [-0.05, 0) is 48.4 Å². The van der Waals surface area contributed by atoms with Gasteiger partial charge in [0.05, 0.1) is 11.2 Å². The number of piperazine rings is 1. The van der Waals surface area contributed by atoms with Crippen LogP contribution in [0.2, 0.25) is 0 Å². The van der Waals surface area contributed by atoms with Crippen molar-refractivity contribution in [2.75, 3.05) is 61.5 Å². The Morgan fingerprint density at radius 3 is 2.49 bits per heavy atom. The fourth-order valence-corrected chi connectivity index (χ4v) is 4.89. The number of rotatable bonds is 10. The average molecular weight is 593 g/mol. The average Bonchev–Trinajstić information content (AvgIpc) is 3.42. The van der Waals surface area contributed by atoms with Crippen LogP contribution >= 0.6 is 15.9 Å². The lowest BCUT2D eigenvalue weighted by molar-refractivity contribution is 0.169. The molecular weight excluding hydrogens is 558 g/mol. The largest absolute Gasteiger partial charge is 0.492 e. The van der Waals surface area contributed by atoms with Crippen molar-refractivity contribution in [2.24, 2.45) is 0 Å². The standard InChI is InChI=1S/C30H34BrN5O3/c1-2-22-6-8-23(9-7-22)29-33-26-4-3-5-27(28(26)34-29)36-17-15-35(16-18-36)19-21-38-25-12-10-24(11-13-25)32-30(37)39-20-14-31/h3-13H,2,14-21H2,1H3,(H,32,37)(H,33,34). The van der Waals surface area contributed by atoms with Crippen LogP contribution in [0.3, 0.4) is 0 Å². The van der Waals surface area contributed by atoms with Crippen LogP contribution in [0.25, 0.3) is 22.4 Å². The molecule has 8 nitrogen and oxygen atoms in total. The molecule has 0 radical (unpaired) electrons. The van der Waals surface area contributed by atoms with Crippen molar-refractivity contribution in [3.05, 3.63) is 72.3 Å². The minimum absolute atomic E-state index is 0.328. The van der Waals surface area contributed by atoms with Crippen molar-refractivity contribution in [1.29, 1.82) is 0 Å². The number of hydrogen-bond donors (Lipinski definition) is 2. The van der Waals surface area contributed by atoms with Gasteiger partial charge in [0.25, 0.3) is 0 Å². The minimum atomic E-state index is -0.465. The summed E-state index contributed by atoms with van der Waals surface area (Å²) >= 11 is 3.23. The molecule has 0 bridgehead atoms. The van der Waals surface area contributed by atoms with E-state index in [-0.39, 0.29) is 0 Å². The monoisotopic (exact) mass is 591 g/mol. The van der Waals surface area contributed by atoms with Crippen molar-refractivity contribution in [3.8, 4) is 17.1 Å². The number of fused-ring (bicyclic) bond motifs is 1. The molecule has 3 aromatic carbocycles. The molecule has 0 saturated carbocycles. The van der Waals surface area contributed by atoms with E-state index in [9.17, 15) is 4.79 Å². The first-order valence-electron chi connectivity index (χ1n) is 13.4. The smallest absolute Gasteiger partial charge is 0.411 e. The fourth-order valence-electron chi connectivity index (χ4n) is 4.73. The van der Waals surface area contributed by atoms with Gasteiger partial charge < -0.3 is 19.4 Å². The van der Waals surface area contributed by atoms with Gasteiger partial charge in [-0.3, -0.25) is 10.2 Å². The maximum Gasteiger partial charge on any atom is 0.411 e. The van der Waals surface area contributed by atoms with Crippen molar-refractivity contribution >= 4 is 44.4 Å². The molecule has 9 heteroatoms. The third-order valence-electron chi connectivity index (χ3n) is 6.93. The number of nitrogens with zero attached hydrogens (tertiary/aromatic N) is 3. The molecule has 2 heterocycles. The predicted octanol–water partition coefficient (Wildman–Crippen LogP) is 5.94. The topological polar surface area (TPSA) is 82.7 Å². The summed E-state index contributed by atoms with van der Waals surface area (Å²) in [4.78, 5) is 25.0. The van der Waals surface area contributed by atoms with Gasteiger partial charge in [-0.25, -0.2) is 9.78 Å². The Morgan fingerprint density at radius 1 is 1.00 bits per heavy atom. The van der Waals surface area contributed by atoms with Gasteiger partial charge in [-0.2, -0.15) is 0 Å². The lowest BCUT2D eigenvalue weighted by Crippen LogP contribution is -2.47. The molecule has 204 valence electrons. The second kappa shape index (κ2) is 13.0. The molecule has 1 aromatic heterocycles. The number of aryl methyl sites for hydroxylation is 1. The van der Waals surface area contributed by atoms with Crippen LogP contribution < -0.4 is 15.0 Å². The van der Waals surface area contributed by atoms with E-state index in [1.165, 1.54) is 11.3 Å². The number of halogens is 1. The molecule has 2 N–H and O–H groups in total. The molecule has 39 heavy (non-hydrogen) atoms. The predicted molar refractivity (Wildman–Crippen MR) is 160 cm³/mol. The van der Waals surface area contributed by atoms with Gasteiger partial charge in [0.1, 0.15) is 30.3 Å². The first kappa shape index (κ1) is 27.0. The number of ether oxygens (including phenoxy) is 2. The minimum Gasteiger partial charge on any atom is -0.492 e. The Labute approximate surface area is 237 Å². The third-order valence-corrected chi connectivity index (χ3v) is 7.25. The van der Waals surface area contributed by atoms with E-state index in [1.54, 1.807) is 0 Å². The van der Waals surface area contributed by atoms with Crippen LogP contribution in [-0.2, 0) is 11.2 Å². The highest BCUT2D eigenvalue weighted by Gasteiger charge is 2.20. The zero-order chi connectivity index (χ0) is 27.0. The van der Waals surface area contributed by atoms with Gasteiger partial charge in [-0.1, -0.05) is 53.2 Å². The highest BCUT2D eigenvalue weighted by atomic mass is 79.9. The van der Waals surface area contributed by atoms with E-state index in [1.807, 2.05) is 24.3 Å². The number of carbonyl (C=O) groups is 1. The Balaban J connectivity index is 1.11. The molecule has 1 fully saturated rings. The maximum absolute atomic E-state index is 11.7. The first-order valence-corrected chi connectivity index (χ1v) is 14.5. The molecule has 0 unspecified atom stereocenters. The van der Waals surface area contributed by atoms with Crippen LogP contribution in [0.15, 0.2) is 66.7 Å². The van der Waals surface area contributed by atoms with Crippen molar-refractivity contribution in [2.45, 2.75) is 13.3 Å². The molecular formula is C30H34BrN5O3. The zero-order valence-electron chi connectivity index (χ0n) is 22.2. The molecule has 1 saturated heterocycles. The lowest BCUT2D eigenvalue weighted by Gasteiger charge is -2.36. The van der Waals surface area contributed by atoms with Gasteiger partial charge >= 0.3 is 6.09 Å². The van der Waals surface area contributed by atoms with Gasteiger partial charge in [0, 0.05) is 49.3 Å². The summed E-state index contributed by atoms with van der Waals surface area (Å²) in [7, 11) is 0. The van der Waals surface area contributed by atoms with E-state index in [0.29, 0.717) is 24.2 Å². The number of alkyl halides is 1. The molecule has 5 rings (SSSR count). The Bertz CT molecular complexity index is 1370. The van der Waals surface area contributed by atoms with Crippen LogP contribution in [0.1, 0.15) is 12.5 Å². The van der Waals surface area contributed by atoms with E-state index in [0.717, 1.165) is 67.3 Å². The summed E-state index contributed by atoms with van der Waals surface area (Å²) in [6.45, 7) is 7.78. The number of nitrogens with one attached hydrogen (secondary N) is 2. The second-order valence-electron chi connectivity index (χ2n) is 9.46. The van der Waals surface area contributed by atoms with E-state index in [4.69, 9.17) is 14.5 Å². The number of para-hydroxylation sites is 1. The molecule has 4 aromatic rings. The van der Waals surface area contributed by atoms with Gasteiger partial charge in [-0.15, -0.1) is 0 Å². The van der Waals surface area contributed by atoms with Crippen molar-refractivity contribution < 1.29 is 14.3 Å². The quantitative estimate of drug-likeness (QED) is 0.222. The van der Waals surface area contributed by atoms with Crippen LogP contribution in [0, 0.1) is 0 Å². The highest BCUT2D eigenvalue weighted by Crippen LogP contribution is 2.29. The number of aromatic amines is 1. The SMILES string of the molecule is CCc1ccc(-c2nc3c(N4CCN(CCOc5ccc(NC(=O)OCCBr)cc5)CC4)cccc3[nH]2)cc1. The molecule has 1 amide bonds. The molecule has 1 aliphatic heterocycles. The van der Waals surface area contributed by atoms with E-state index >= 15 is 0 Å². The number of H-pyrrole nitrogens is 1. The normalized spacial score (nSPS) is 13.9. The number of imidazole rings is 1. The van der Waals surface area contributed by atoms with Crippen molar-refractivity contribution in [1.82, 2.24) is 14.9 Å². The Kier molecular flexibility index (Phi) is 9.00. The summed E-state index contributed by atoms with van der Waals surface area (Å²) in [5, 5.41) is 3.31. The van der Waals surface area contributed by atoms with Gasteiger partial charge in [0.2, 0.25) is 0 Å². The summed E-state index contributed by atoms with van der Waals surface area (Å²) in [6, 6.07) is 22.3. The van der Waals surface area contributed by atoms with Crippen LogP contribution in [0.5, 0.6) is 5.75 Å². The number of anilines is 2. The molecule has 1 aliphatic rings.